The molecule has 6 nitrogen and oxygen atoms in total. The summed E-state index contributed by atoms with van der Waals surface area (Å²) in [6, 6.07) is 14.8. The van der Waals surface area contributed by atoms with Crippen LogP contribution in [0, 0.1) is 0 Å². The van der Waals surface area contributed by atoms with Crippen molar-refractivity contribution >= 4 is 6.16 Å². The van der Waals surface area contributed by atoms with E-state index in [0.717, 1.165) is 49.0 Å². The van der Waals surface area contributed by atoms with Crippen LogP contribution >= 0.6 is 0 Å². The fourth-order valence-corrected chi connectivity index (χ4v) is 3.55. The number of rotatable bonds is 10. The molecule has 6 heteroatoms. The lowest BCUT2D eigenvalue weighted by Crippen LogP contribution is -2.25. The topological polar surface area (TPSA) is 73.5 Å². The van der Waals surface area contributed by atoms with Gasteiger partial charge in [-0.15, -0.1) is 6.58 Å². The Morgan fingerprint density at radius 2 is 1.90 bits per heavy atom. The molecule has 0 saturated carbocycles. The number of unbranched alkanes of at least 4 members (excludes halogenated alkanes) is 1. The summed E-state index contributed by atoms with van der Waals surface area (Å²) < 4.78 is 8.52. The molecule has 1 aromatic heterocycles. The summed E-state index contributed by atoms with van der Waals surface area (Å²) in [5.74, 6) is 0.290. The SMILES string of the molecule is C=CCCc1cn(CCCC)c(=O)n1Cc1ccc(-c2ccccc2OC(=O)O)cc1. The van der Waals surface area contributed by atoms with Gasteiger partial charge in [0.2, 0.25) is 0 Å². The fraction of sp³-hybridized carbons (Fsp3) is 0.280. The van der Waals surface area contributed by atoms with Crippen molar-refractivity contribution in [3.63, 3.8) is 0 Å². The lowest BCUT2D eigenvalue weighted by Gasteiger charge is -2.10. The van der Waals surface area contributed by atoms with Crippen molar-refractivity contribution in [1.29, 1.82) is 0 Å². The molecule has 162 valence electrons. The molecule has 0 aliphatic carbocycles. The molecule has 0 amide bonds. The van der Waals surface area contributed by atoms with Gasteiger partial charge in [-0.05, 0) is 36.5 Å². The number of para-hydroxylation sites is 1. The van der Waals surface area contributed by atoms with Crippen molar-refractivity contribution in [2.45, 2.75) is 45.7 Å². The smallest absolute Gasteiger partial charge is 0.449 e. The van der Waals surface area contributed by atoms with Gasteiger partial charge in [-0.25, -0.2) is 9.59 Å². The Bertz CT molecular complexity index is 1090. The summed E-state index contributed by atoms with van der Waals surface area (Å²) in [7, 11) is 0. The van der Waals surface area contributed by atoms with Crippen LogP contribution in [0.3, 0.4) is 0 Å². The van der Waals surface area contributed by atoms with Gasteiger partial charge in [-0.2, -0.15) is 0 Å². The number of hydrogen-bond donors (Lipinski definition) is 1. The molecule has 3 aromatic rings. The first kappa shape index (κ1) is 22.2. The van der Waals surface area contributed by atoms with E-state index in [4.69, 9.17) is 9.84 Å². The number of hydrogen-bond acceptors (Lipinski definition) is 3. The highest BCUT2D eigenvalue weighted by Crippen LogP contribution is 2.30. The second-order valence-electron chi connectivity index (χ2n) is 7.42. The van der Waals surface area contributed by atoms with E-state index < -0.39 is 6.16 Å². The standard InChI is InChI=1S/C25H28N2O4/c1-3-5-9-21-18-26(16-6-4-2)24(28)27(21)17-19-12-14-20(15-13-19)22-10-7-8-11-23(22)31-25(29)30/h3,7-8,10-15,18H,1,4-6,9,16-17H2,2H3,(H,29,30). The van der Waals surface area contributed by atoms with Crippen LogP contribution in [0.5, 0.6) is 5.75 Å². The molecule has 0 aliphatic heterocycles. The number of carbonyl (C=O) groups is 1. The van der Waals surface area contributed by atoms with E-state index in [0.29, 0.717) is 17.9 Å². The number of aromatic nitrogens is 2. The zero-order chi connectivity index (χ0) is 22.2. The molecule has 0 spiro atoms. The number of benzene rings is 2. The molecule has 1 N–H and O–H groups in total. The average molecular weight is 421 g/mol. The minimum Gasteiger partial charge on any atom is -0.449 e. The minimum absolute atomic E-state index is 0.0109. The van der Waals surface area contributed by atoms with Crippen molar-refractivity contribution in [1.82, 2.24) is 9.13 Å². The van der Waals surface area contributed by atoms with Crippen LogP contribution in [0.2, 0.25) is 0 Å². The molecule has 3 rings (SSSR count). The highest BCUT2D eigenvalue weighted by molar-refractivity contribution is 5.74. The lowest BCUT2D eigenvalue weighted by atomic mass is 10.0. The molecule has 0 unspecified atom stereocenters. The van der Waals surface area contributed by atoms with Crippen molar-refractivity contribution in [3.05, 3.63) is 89.1 Å². The van der Waals surface area contributed by atoms with E-state index in [9.17, 15) is 9.59 Å². The predicted molar refractivity (Wildman–Crippen MR) is 122 cm³/mol. The van der Waals surface area contributed by atoms with Crippen LogP contribution < -0.4 is 10.4 Å². The minimum atomic E-state index is -1.34. The number of imidazole rings is 1. The first-order valence-electron chi connectivity index (χ1n) is 10.5. The number of nitrogens with zero attached hydrogens (tertiary/aromatic N) is 2. The van der Waals surface area contributed by atoms with Gasteiger partial charge in [0.25, 0.3) is 0 Å². The normalized spacial score (nSPS) is 10.7. The van der Waals surface area contributed by atoms with Crippen molar-refractivity contribution < 1.29 is 14.6 Å². The maximum Gasteiger partial charge on any atom is 0.511 e. The molecular weight excluding hydrogens is 392 g/mol. The molecule has 0 atom stereocenters. The van der Waals surface area contributed by atoms with Gasteiger partial charge in [0.05, 0.1) is 6.54 Å². The highest BCUT2D eigenvalue weighted by atomic mass is 16.7. The Morgan fingerprint density at radius 3 is 2.58 bits per heavy atom. The van der Waals surface area contributed by atoms with Crippen molar-refractivity contribution in [2.24, 2.45) is 0 Å². The lowest BCUT2D eigenvalue weighted by molar-refractivity contribution is 0.144. The van der Waals surface area contributed by atoms with Gasteiger partial charge in [-0.1, -0.05) is 61.9 Å². The summed E-state index contributed by atoms with van der Waals surface area (Å²) in [4.78, 5) is 23.9. The predicted octanol–water partition coefficient (Wildman–Crippen LogP) is 5.34. The summed E-state index contributed by atoms with van der Waals surface area (Å²) in [5.41, 5.74) is 3.56. The highest BCUT2D eigenvalue weighted by Gasteiger charge is 2.13. The first-order chi connectivity index (χ1) is 15.0. The quantitative estimate of drug-likeness (QED) is 0.273. The van der Waals surface area contributed by atoms with Gasteiger partial charge >= 0.3 is 11.8 Å². The van der Waals surface area contributed by atoms with E-state index in [1.807, 2.05) is 53.2 Å². The summed E-state index contributed by atoms with van der Waals surface area (Å²) in [6.45, 7) is 7.11. The van der Waals surface area contributed by atoms with E-state index in [1.54, 1.807) is 16.7 Å². The van der Waals surface area contributed by atoms with Crippen LogP contribution in [-0.2, 0) is 19.5 Å². The summed E-state index contributed by atoms with van der Waals surface area (Å²) in [6.07, 6.45) is 6.08. The Hall–Kier alpha value is -3.54. The van der Waals surface area contributed by atoms with Crippen molar-refractivity contribution in [3.8, 4) is 16.9 Å². The molecule has 31 heavy (non-hydrogen) atoms. The van der Waals surface area contributed by atoms with E-state index >= 15 is 0 Å². The van der Waals surface area contributed by atoms with E-state index in [-0.39, 0.29) is 5.69 Å². The van der Waals surface area contributed by atoms with Crippen LogP contribution in [-0.4, -0.2) is 20.4 Å². The maximum atomic E-state index is 12.9. The van der Waals surface area contributed by atoms with Crippen LogP contribution in [0.4, 0.5) is 4.79 Å². The molecule has 0 aliphatic rings. The van der Waals surface area contributed by atoms with E-state index in [1.165, 1.54) is 0 Å². The fourth-order valence-electron chi connectivity index (χ4n) is 3.55. The molecule has 2 aromatic carbocycles. The monoisotopic (exact) mass is 420 g/mol. The van der Waals surface area contributed by atoms with Gasteiger partial charge in [-0.3, -0.25) is 9.13 Å². The summed E-state index contributed by atoms with van der Waals surface area (Å²) >= 11 is 0. The third-order valence-electron chi connectivity index (χ3n) is 5.18. The second kappa shape index (κ2) is 10.5. The van der Waals surface area contributed by atoms with Gasteiger partial charge in [0.1, 0.15) is 5.75 Å². The Morgan fingerprint density at radius 1 is 1.16 bits per heavy atom. The molecule has 0 saturated heterocycles. The van der Waals surface area contributed by atoms with Crippen LogP contribution in [0.25, 0.3) is 11.1 Å². The molecular formula is C25H28N2O4. The van der Waals surface area contributed by atoms with Gasteiger partial charge in [0.15, 0.2) is 0 Å². The largest absolute Gasteiger partial charge is 0.511 e. The Kier molecular flexibility index (Phi) is 7.49. The first-order valence-corrected chi connectivity index (χ1v) is 10.5. The molecule has 1 heterocycles. The number of ether oxygens (including phenoxy) is 1. The number of allylic oxidation sites excluding steroid dienone is 1. The maximum absolute atomic E-state index is 12.9. The Balaban J connectivity index is 1.86. The van der Waals surface area contributed by atoms with Gasteiger partial charge in [0, 0.05) is 24.0 Å². The molecule has 0 fully saturated rings. The van der Waals surface area contributed by atoms with Crippen LogP contribution in [0.1, 0.15) is 37.4 Å². The third-order valence-corrected chi connectivity index (χ3v) is 5.18. The number of carboxylic acid groups (broad SMARTS) is 1. The summed E-state index contributed by atoms with van der Waals surface area (Å²) in [5, 5.41) is 8.95. The second-order valence-corrected chi connectivity index (χ2v) is 7.42. The van der Waals surface area contributed by atoms with Crippen molar-refractivity contribution in [2.75, 3.05) is 0 Å². The third kappa shape index (κ3) is 5.54. The molecule has 0 radical (unpaired) electrons. The van der Waals surface area contributed by atoms with Gasteiger partial charge < -0.3 is 9.84 Å². The van der Waals surface area contributed by atoms with Crippen LogP contribution in [0.15, 0.2) is 72.2 Å². The number of aryl methyl sites for hydroxylation is 2. The average Bonchev–Trinajstić information content (AvgIpc) is 3.06. The zero-order valence-electron chi connectivity index (χ0n) is 17.8. The van der Waals surface area contributed by atoms with E-state index in [2.05, 4.69) is 13.5 Å². The Labute approximate surface area is 182 Å². The zero-order valence-corrected chi connectivity index (χ0v) is 17.8. The molecule has 0 bridgehead atoms.